The molecule has 0 heterocycles. The van der Waals surface area contributed by atoms with Crippen LogP contribution in [0.25, 0.3) is 0 Å². The van der Waals surface area contributed by atoms with E-state index in [0.29, 0.717) is 16.3 Å². The van der Waals surface area contributed by atoms with Crippen molar-refractivity contribution in [3.8, 4) is 0 Å². The molecule has 138 valence electrons. The van der Waals surface area contributed by atoms with Crippen LogP contribution >= 0.6 is 11.6 Å². The van der Waals surface area contributed by atoms with Crippen LogP contribution in [-0.4, -0.2) is 18.4 Å². The molecule has 0 bridgehead atoms. The first-order valence-corrected chi connectivity index (χ1v) is 9.00. The number of amides is 2. The Kier molecular flexibility index (Phi) is 6.43. The van der Waals surface area contributed by atoms with Gasteiger partial charge in [-0.15, -0.1) is 0 Å². The maximum Gasteiger partial charge on any atom is 0.251 e. The second kappa shape index (κ2) is 8.37. The highest BCUT2D eigenvalue weighted by molar-refractivity contribution is 6.31. The number of carbonyl (C=O) groups excluding carboxylic acids is 2. The predicted octanol–water partition coefficient (Wildman–Crippen LogP) is 4.70. The predicted molar refractivity (Wildman–Crippen MR) is 107 cm³/mol. The number of nitrogens with one attached hydrogen (secondary N) is 2. The molecule has 0 fully saturated rings. The first kappa shape index (κ1) is 20.0. The maximum absolute atomic E-state index is 12.2. The molecule has 2 aromatic rings. The maximum atomic E-state index is 12.2. The Morgan fingerprint density at radius 1 is 1.04 bits per heavy atom. The highest BCUT2D eigenvalue weighted by atomic mass is 35.5. The average Bonchev–Trinajstić information content (AvgIpc) is 2.58. The van der Waals surface area contributed by atoms with Gasteiger partial charge in [-0.1, -0.05) is 50.6 Å². The van der Waals surface area contributed by atoms with Crippen molar-refractivity contribution in [2.75, 3.05) is 11.9 Å². The fourth-order valence-electron chi connectivity index (χ4n) is 2.47. The Labute approximate surface area is 159 Å². The summed E-state index contributed by atoms with van der Waals surface area (Å²) in [6, 6.07) is 12.9. The van der Waals surface area contributed by atoms with E-state index in [0.717, 1.165) is 5.56 Å². The molecule has 0 atom stereocenters. The Bertz CT molecular complexity index is 793. The van der Waals surface area contributed by atoms with Crippen LogP contribution in [0.15, 0.2) is 42.5 Å². The van der Waals surface area contributed by atoms with Crippen molar-refractivity contribution in [2.24, 2.45) is 0 Å². The summed E-state index contributed by atoms with van der Waals surface area (Å²) < 4.78 is 0. The molecule has 0 spiro atoms. The van der Waals surface area contributed by atoms with Gasteiger partial charge in [0, 0.05) is 29.2 Å². The summed E-state index contributed by atoms with van der Waals surface area (Å²) in [6.45, 7) is 8.50. The number of carbonyl (C=O) groups is 2. The molecule has 0 aliphatic rings. The summed E-state index contributed by atoms with van der Waals surface area (Å²) in [5.41, 5.74) is 3.32. The van der Waals surface area contributed by atoms with Crippen LogP contribution in [0.4, 0.5) is 5.69 Å². The third-order valence-electron chi connectivity index (χ3n) is 4.19. The lowest BCUT2D eigenvalue weighted by Gasteiger charge is -2.19. The van der Waals surface area contributed by atoms with Gasteiger partial charge in [0.25, 0.3) is 5.91 Å². The standard InChI is InChI=1S/C21H25ClN2O2/c1-14-17(22)6-5-7-18(14)24-19(25)12-13-23-20(26)15-8-10-16(11-9-15)21(2,3)4/h5-11H,12-13H2,1-4H3,(H,23,26)(H,24,25). The molecule has 2 amide bonds. The normalized spacial score (nSPS) is 11.1. The molecule has 0 saturated carbocycles. The molecule has 2 N–H and O–H groups in total. The number of anilines is 1. The van der Waals surface area contributed by atoms with Crippen LogP contribution in [0, 0.1) is 6.92 Å². The average molecular weight is 373 g/mol. The SMILES string of the molecule is Cc1c(Cl)cccc1NC(=O)CCNC(=O)c1ccc(C(C)(C)C)cc1. The molecule has 0 unspecified atom stereocenters. The number of benzene rings is 2. The third kappa shape index (κ3) is 5.33. The van der Waals surface area contributed by atoms with Gasteiger partial charge in [-0.25, -0.2) is 0 Å². The topological polar surface area (TPSA) is 58.2 Å². The number of rotatable bonds is 5. The summed E-state index contributed by atoms with van der Waals surface area (Å²) in [4.78, 5) is 24.2. The van der Waals surface area contributed by atoms with E-state index in [2.05, 4.69) is 31.4 Å². The molecular weight excluding hydrogens is 348 g/mol. The lowest BCUT2D eigenvalue weighted by atomic mass is 9.87. The zero-order valence-electron chi connectivity index (χ0n) is 15.7. The van der Waals surface area contributed by atoms with Gasteiger partial charge in [0.2, 0.25) is 5.91 Å². The van der Waals surface area contributed by atoms with E-state index >= 15 is 0 Å². The van der Waals surface area contributed by atoms with Gasteiger partial charge in [-0.3, -0.25) is 9.59 Å². The van der Waals surface area contributed by atoms with Crippen molar-refractivity contribution < 1.29 is 9.59 Å². The van der Waals surface area contributed by atoms with Gasteiger partial charge >= 0.3 is 0 Å². The lowest BCUT2D eigenvalue weighted by Crippen LogP contribution is -2.27. The molecule has 0 aromatic heterocycles. The minimum absolute atomic E-state index is 0.0472. The van der Waals surface area contributed by atoms with Crippen molar-refractivity contribution in [1.82, 2.24) is 5.32 Å². The molecule has 0 saturated heterocycles. The van der Waals surface area contributed by atoms with Gasteiger partial charge in [0.15, 0.2) is 0 Å². The Morgan fingerprint density at radius 3 is 2.31 bits per heavy atom. The van der Waals surface area contributed by atoms with Crippen LogP contribution < -0.4 is 10.6 Å². The van der Waals surface area contributed by atoms with Crippen LogP contribution in [0.2, 0.25) is 5.02 Å². The van der Waals surface area contributed by atoms with E-state index in [1.54, 1.807) is 18.2 Å². The number of halogens is 1. The van der Waals surface area contributed by atoms with E-state index in [-0.39, 0.29) is 30.2 Å². The van der Waals surface area contributed by atoms with E-state index in [9.17, 15) is 9.59 Å². The van der Waals surface area contributed by atoms with E-state index in [1.165, 1.54) is 5.56 Å². The molecular formula is C21H25ClN2O2. The van der Waals surface area contributed by atoms with E-state index in [4.69, 9.17) is 11.6 Å². The summed E-state index contributed by atoms with van der Waals surface area (Å²) >= 11 is 6.04. The zero-order valence-corrected chi connectivity index (χ0v) is 16.4. The number of hydrogen-bond donors (Lipinski definition) is 2. The van der Waals surface area contributed by atoms with Crippen molar-refractivity contribution >= 4 is 29.1 Å². The lowest BCUT2D eigenvalue weighted by molar-refractivity contribution is -0.116. The van der Waals surface area contributed by atoms with E-state index in [1.807, 2.05) is 31.2 Å². The smallest absolute Gasteiger partial charge is 0.251 e. The molecule has 0 aliphatic carbocycles. The van der Waals surface area contributed by atoms with Crippen LogP contribution in [0.1, 0.15) is 48.7 Å². The van der Waals surface area contributed by atoms with Gasteiger partial charge in [-0.05, 0) is 47.7 Å². The highest BCUT2D eigenvalue weighted by Crippen LogP contribution is 2.23. The van der Waals surface area contributed by atoms with Gasteiger partial charge in [0.05, 0.1) is 0 Å². The third-order valence-corrected chi connectivity index (χ3v) is 4.60. The van der Waals surface area contributed by atoms with Crippen molar-refractivity contribution in [1.29, 1.82) is 0 Å². The fourth-order valence-corrected chi connectivity index (χ4v) is 2.64. The summed E-state index contributed by atoms with van der Waals surface area (Å²) in [6.07, 6.45) is 0.192. The molecule has 5 heteroatoms. The zero-order chi connectivity index (χ0) is 19.3. The Balaban J connectivity index is 1.84. The van der Waals surface area contributed by atoms with Gasteiger partial charge < -0.3 is 10.6 Å². The summed E-state index contributed by atoms with van der Waals surface area (Å²) in [5, 5.41) is 6.19. The van der Waals surface area contributed by atoms with Gasteiger partial charge in [0.1, 0.15) is 0 Å². The van der Waals surface area contributed by atoms with Gasteiger partial charge in [-0.2, -0.15) is 0 Å². The van der Waals surface area contributed by atoms with Crippen molar-refractivity contribution in [2.45, 2.75) is 39.5 Å². The van der Waals surface area contributed by atoms with Crippen LogP contribution in [0.3, 0.4) is 0 Å². The highest BCUT2D eigenvalue weighted by Gasteiger charge is 2.14. The van der Waals surface area contributed by atoms with Crippen LogP contribution in [-0.2, 0) is 10.2 Å². The van der Waals surface area contributed by atoms with Crippen molar-refractivity contribution in [3.05, 3.63) is 64.2 Å². The summed E-state index contributed by atoms with van der Waals surface area (Å²) in [5.74, 6) is -0.351. The van der Waals surface area contributed by atoms with Crippen molar-refractivity contribution in [3.63, 3.8) is 0 Å². The quantitative estimate of drug-likeness (QED) is 0.798. The molecule has 26 heavy (non-hydrogen) atoms. The summed E-state index contributed by atoms with van der Waals surface area (Å²) in [7, 11) is 0. The number of hydrogen-bond acceptors (Lipinski definition) is 2. The monoisotopic (exact) mass is 372 g/mol. The van der Waals surface area contributed by atoms with Crippen LogP contribution in [0.5, 0.6) is 0 Å². The molecule has 4 nitrogen and oxygen atoms in total. The minimum atomic E-state index is -0.183. The molecule has 2 rings (SSSR count). The second-order valence-electron chi connectivity index (χ2n) is 7.29. The second-order valence-corrected chi connectivity index (χ2v) is 7.70. The first-order chi connectivity index (χ1) is 12.2. The first-order valence-electron chi connectivity index (χ1n) is 8.62. The Morgan fingerprint density at radius 2 is 1.69 bits per heavy atom. The largest absolute Gasteiger partial charge is 0.352 e. The molecule has 2 aromatic carbocycles. The molecule has 0 aliphatic heterocycles. The fraction of sp³-hybridized carbons (Fsp3) is 0.333. The Hall–Kier alpha value is -2.33. The molecule has 0 radical (unpaired) electrons. The minimum Gasteiger partial charge on any atom is -0.352 e. The van der Waals surface area contributed by atoms with E-state index < -0.39 is 0 Å².